The largest absolute Gasteiger partial charge is 0.324 e. The van der Waals surface area contributed by atoms with E-state index in [0.717, 1.165) is 15.4 Å². The molecule has 2 aromatic carbocycles. The van der Waals surface area contributed by atoms with E-state index in [4.69, 9.17) is 23.2 Å². The smallest absolute Gasteiger partial charge is 0.245 e. The van der Waals surface area contributed by atoms with Gasteiger partial charge in [-0.05, 0) is 43.2 Å². The zero-order valence-electron chi connectivity index (χ0n) is 14.7. The summed E-state index contributed by atoms with van der Waals surface area (Å²) in [6.45, 7) is 5.20. The van der Waals surface area contributed by atoms with Crippen LogP contribution in [0.25, 0.3) is 0 Å². The van der Waals surface area contributed by atoms with Crippen LogP contribution in [0.2, 0.25) is 10.0 Å². The molecule has 0 saturated carbocycles. The Labute approximate surface area is 164 Å². The second-order valence-electron chi connectivity index (χ2n) is 5.82. The van der Waals surface area contributed by atoms with E-state index < -0.39 is 15.9 Å². The number of nitrogens with one attached hydrogen (secondary N) is 1. The third-order valence-electron chi connectivity index (χ3n) is 3.93. The average Bonchev–Trinajstić information content (AvgIpc) is 2.58. The monoisotopic (exact) mass is 414 g/mol. The van der Waals surface area contributed by atoms with Crippen LogP contribution < -0.4 is 5.32 Å². The van der Waals surface area contributed by atoms with Gasteiger partial charge in [0, 0.05) is 17.3 Å². The lowest BCUT2D eigenvalue weighted by Gasteiger charge is -2.21. The first-order valence-corrected chi connectivity index (χ1v) is 10.2. The van der Waals surface area contributed by atoms with Crippen molar-refractivity contribution in [3.8, 4) is 0 Å². The van der Waals surface area contributed by atoms with Crippen LogP contribution in [0.5, 0.6) is 0 Å². The van der Waals surface area contributed by atoms with Crippen LogP contribution in [0.1, 0.15) is 18.1 Å². The molecule has 2 rings (SSSR count). The third kappa shape index (κ3) is 4.57. The number of likely N-dealkylation sites (N-methyl/N-ethyl adjacent to an activating group) is 1. The van der Waals surface area contributed by atoms with Gasteiger partial charge in [-0.1, -0.05) is 48.3 Å². The normalized spacial score (nSPS) is 11.6. The first kappa shape index (κ1) is 20.7. The van der Waals surface area contributed by atoms with Crippen molar-refractivity contribution in [1.29, 1.82) is 0 Å². The van der Waals surface area contributed by atoms with E-state index in [9.17, 15) is 13.2 Å². The summed E-state index contributed by atoms with van der Waals surface area (Å²) in [6, 6.07) is 9.86. The van der Waals surface area contributed by atoms with Gasteiger partial charge >= 0.3 is 0 Å². The highest BCUT2D eigenvalue weighted by molar-refractivity contribution is 7.89. The molecule has 0 unspecified atom stereocenters. The highest BCUT2D eigenvalue weighted by atomic mass is 35.5. The van der Waals surface area contributed by atoms with Crippen molar-refractivity contribution in [2.24, 2.45) is 0 Å². The highest BCUT2D eigenvalue weighted by Crippen LogP contribution is 2.28. The number of carbonyl (C=O) groups excluding carboxylic acids is 1. The minimum absolute atomic E-state index is 0.0583. The minimum atomic E-state index is -3.96. The summed E-state index contributed by atoms with van der Waals surface area (Å²) in [4.78, 5) is 12.3. The molecule has 0 radical (unpaired) electrons. The fourth-order valence-electron chi connectivity index (χ4n) is 2.53. The number of aryl methyl sites for hydroxylation is 2. The zero-order chi connectivity index (χ0) is 19.5. The van der Waals surface area contributed by atoms with Gasteiger partial charge in [-0.3, -0.25) is 4.79 Å². The van der Waals surface area contributed by atoms with Crippen LogP contribution in [0.4, 0.5) is 5.69 Å². The van der Waals surface area contributed by atoms with Gasteiger partial charge < -0.3 is 5.32 Å². The van der Waals surface area contributed by atoms with E-state index in [0.29, 0.717) is 5.69 Å². The zero-order valence-corrected chi connectivity index (χ0v) is 17.0. The quantitative estimate of drug-likeness (QED) is 0.767. The standard InChI is InChI=1S/C18H20Cl2N2O3S/c1-4-22(26(24,25)16-10-14(19)8-9-15(16)20)11-17(23)21-18-12(2)6-5-7-13(18)3/h5-10H,4,11H2,1-3H3,(H,21,23). The van der Waals surface area contributed by atoms with E-state index >= 15 is 0 Å². The van der Waals surface area contributed by atoms with Crippen molar-refractivity contribution >= 4 is 44.8 Å². The molecule has 0 atom stereocenters. The number of sulfonamides is 1. The number of nitrogens with zero attached hydrogens (tertiary/aromatic N) is 1. The van der Waals surface area contributed by atoms with Crippen molar-refractivity contribution in [3.05, 3.63) is 57.6 Å². The minimum Gasteiger partial charge on any atom is -0.324 e. The third-order valence-corrected chi connectivity index (χ3v) is 6.57. The molecule has 8 heteroatoms. The molecule has 0 saturated heterocycles. The van der Waals surface area contributed by atoms with E-state index in [1.165, 1.54) is 18.2 Å². The molecule has 140 valence electrons. The fraction of sp³-hybridized carbons (Fsp3) is 0.278. The van der Waals surface area contributed by atoms with Crippen LogP contribution in [0, 0.1) is 13.8 Å². The van der Waals surface area contributed by atoms with Crippen LogP contribution in [-0.4, -0.2) is 31.7 Å². The molecule has 0 aromatic heterocycles. The number of hydrogen-bond donors (Lipinski definition) is 1. The van der Waals surface area contributed by atoms with E-state index in [2.05, 4.69) is 5.32 Å². The van der Waals surface area contributed by atoms with Gasteiger partial charge in [0.15, 0.2) is 0 Å². The Hall–Kier alpha value is -1.60. The number of hydrogen-bond acceptors (Lipinski definition) is 3. The lowest BCUT2D eigenvalue weighted by molar-refractivity contribution is -0.116. The van der Waals surface area contributed by atoms with E-state index in [1.54, 1.807) is 6.92 Å². The van der Waals surface area contributed by atoms with Crippen LogP contribution >= 0.6 is 23.2 Å². The number of carbonyl (C=O) groups is 1. The molecule has 0 bridgehead atoms. The second kappa shape index (κ2) is 8.39. The predicted molar refractivity (Wildman–Crippen MR) is 105 cm³/mol. The predicted octanol–water partition coefficient (Wildman–Crippen LogP) is 4.26. The summed E-state index contributed by atoms with van der Waals surface area (Å²) in [6.07, 6.45) is 0. The van der Waals surface area contributed by atoms with Crippen LogP contribution in [0.3, 0.4) is 0 Å². The summed E-state index contributed by atoms with van der Waals surface area (Å²) in [5, 5.41) is 3.10. The Morgan fingerprint density at radius 1 is 1.12 bits per heavy atom. The maximum absolute atomic E-state index is 12.9. The van der Waals surface area contributed by atoms with Gasteiger partial charge in [0.25, 0.3) is 0 Å². The molecule has 0 heterocycles. The van der Waals surface area contributed by atoms with Crippen molar-refractivity contribution in [2.75, 3.05) is 18.4 Å². The number of anilines is 1. The van der Waals surface area contributed by atoms with Crippen molar-refractivity contribution < 1.29 is 13.2 Å². The first-order chi connectivity index (χ1) is 12.2. The van der Waals surface area contributed by atoms with Gasteiger partial charge in [0.2, 0.25) is 15.9 Å². The van der Waals surface area contributed by atoms with Crippen molar-refractivity contribution in [3.63, 3.8) is 0 Å². The second-order valence-corrected chi connectivity index (χ2v) is 8.57. The first-order valence-electron chi connectivity index (χ1n) is 7.98. The molecule has 2 aromatic rings. The fourth-order valence-corrected chi connectivity index (χ4v) is 4.67. The molecule has 0 spiro atoms. The van der Waals surface area contributed by atoms with E-state index in [1.807, 2.05) is 32.0 Å². The summed E-state index contributed by atoms with van der Waals surface area (Å²) >= 11 is 11.9. The molecule has 0 aliphatic heterocycles. The van der Waals surface area contributed by atoms with Gasteiger partial charge in [0.05, 0.1) is 11.6 Å². The number of amides is 1. The van der Waals surface area contributed by atoms with Crippen LogP contribution in [0.15, 0.2) is 41.3 Å². The van der Waals surface area contributed by atoms with Gasteiger partial charge in [-0.25, -0.2) is 8.42 Å². The molecular formula is C18H20Cl2N2O3S. The highest BCUT2D eigenvalue weighted by Gasteiger charge is 2.28. The van der Waals surface area contributed by atoms with Gasteiger partial charge in [0.1, 0.15) is 4.90 Å². The Balaban J connectivity index is 2.25. The summed E-state index contributed by atoms with van der Waals surface area (Å²) < 4.78 is 26.8. The number of benzene rings is 2. The molecule has 0 fully saturated rings. The number of rotatable bonds is 6. The maximum atomic E-state index is 12.9. The number of halogens is 2. The van der Waals surface area contributed by atoms with Crippen molar-refractivity contribution in [1.82, 2.24) is 4.31 Å². The molecule has 5 nitrogen and oxygen atoms in total. The molecular weight excluding hydrogens is 395 g/mol. The Morgan fingerprint density at radius 3 is 2.31 bits per heavy atom. The Morgan fingerprint density at radius 2 is 1.73 bits per heavy atom. The summed E-state index contributed by atoms with van der Waals surface area (Å²) in [7, 11) is -3.96. The topological polar surface area (TPSA) is 66.5 Å². The summed E-state index contributed by atoms with van der Waals surface area (Å²) in [5.41, 5.74) is 2.50. The molecule has 1 N–H and O–H groups in total. The molecule has 0 aliphatic rings. The molecule has 0 aliphatic carbocycles. The van der Waals surface area contributed by atoms with Crippen LogP contribution in [-0.2, 0) is 14.8 Å². The lowest BCUT2D eigenvalue weighted by Crippen LogP contribution is -2.38. The van der Waals surface area contributed by atoms with Gasteiger partial charge in [-0.15, -0.1) is 0 Å². The Bertz CT molecular complexity index is 910. The molecule has 1 amide bonds. The Kier molecular flexibility index (Phi) is 6.69. The van der Waals surface area contributed by atoms with Gasteiger partial charge in [-0.2, -0.15) is 4.31 Å². The lowest BCUT2D eigenvalue weighted by atomic mass is 10.1. The van der Waals surface area contributed by atoms with Crippen molar-refractivity contribution in [2.45, 2.75) is 25.7 Å². The molecule has 26 heavy (non-hydrogen) atoms. The van der Waals surface area contributed by atoms with E-state index in [-0.39, 0.29) is 28.0 Å². The maximum Gasteiger partial charge on any atom is 0.245 e. The summed E-state index contributed by atoms with van der Waals surface area (Å²) in [5.74, 6) is -0.425. The number of para-hydroxylation sites is 1. The average molecular weight is 415 g/mol. The SMILES string of the molecule is CCN(CC(=O)Nc1c(C)cccc1C)S(=O)(=O)c1cc(Cl)ccc1Cl.